The number of ether oxygens (including phenoxy) is 4. The summed E-state index contributed by atoms with van der Waals surface area (Å²) in [7, 11) is 0. The summed E-state index contributed by atoms with van der Waals surface area (Å²) in [5.41, 5.74) is 0. The van der Waals surface area contributed by atoms with Gasteiger partial charge in [0.1, 0.15) is 0 Å². The van der Waals surface area contributed by atoms with Crippen LogP contribution in [0.15, 0.2) is 0 Å². The van der Waals surface area contributed by atoms with Gasteiger partial charge in [-0.3, -0.25) is 9.59 Å². The molecule has 0 bridgehead atoms. The average molecular weight is 570 g/mol. The molecular weight excluding hydrogens is 546 g/mol. The van der Waals surface area contributed by atoms with Crippen LogP contribution in [-0.2, 0) is 28.5 Å². The third-order valence-corrected chi connectivity index (χ3v) is 4.35. The first kappa shape index (κ1) is 23.7. The molecule has 0 fully saturated rings. The zero-order valence-electron chi connectivity index (χ0n) is 13.6. The lowest BCUT2D eigenvalue weighted by molar-refractivity contribution is -0.158. The highest BCUT2D eigenvalue weighted by atomic mass is 127. The van der Waals surface area contributed by atoms with Crippen LogP contribution in [0.2, 0.25) is 0 Å². The molecule has 0 aliphatic carbocycles. The van der Waals surface area contributed by atoms with Crippen molar-refractivity contribution in [2.45, 2.75) is 51.4 Å². The summed E-state index contributed by atoms with van der Waals surface area (Å²) in [5, 5.41) is 0. The van der Waals surface area contributed by atoms with Gasteiger partial charge in [0.15, 0.2) is 0 Å². The second-order valence-corrected chi connectivity index (χ2v) is 6.96. The third-order valence-electron chi connectivity index (χ3n) is 2.82. The maximum absolute atomic E-state index is 11.3. The van der Waals surface area contributed by atoms with Gasteiger partial charge in [0, 0.05) is 12.8 Å². The van der Waals surface area contributed by atoms with E-state index in [1.807, 2.05) is 0 Å². The van der Waals surface area contributed by atoms with Gasteiger partial charge in [-0.15, -0.1) is 0 Å². The van der Waals surface area contributed by atoms with E-state index in [9.17, 15) is 14.4 Å². The summed E-state index contributed by atoms with van der Waals surface area (Å²) in [5.74, 6) is -0.844. The molecule has 24 heavy (non-hydrogen) atoms. The monoisotopic (exact) mass is 570 g/mol. The van der Waals surface area contributed by atoms with Gasteiger partial charge in [-0.05, 0) is 34.5 Å². The van der Waals surface area contributed by atoms with Crippen LogP contribution in [-0.4, -0.2) is 40.5 Å². The fourth-order valence-electron chi connectivity index (χ4n) is 1.55. The minimum absolute atomic E-state index is 0.296. The molecule has 0 N–H and O–H groups in total. The number of hydrogen-bond donors (Lipinski definition) is 0. The average Bonchev–Trinajstić information content (AvgIpc) is 2.55. The molecule has 140 valence electrons. The number of alkyl halides is 2. The van der Waals surface area contributed by atoms with Gasteiger partial charge in [0.2, 0.25) is 13.6 Å². The SMILES string of the molecule is O=C(CCCCCI)OCOC(=O)OCOC(=O)CCCCCI. The molecule has 0 saturated heterocycles. The molecule has 0 aliphatic heterocycles. The summed E-state index contributed by atoms with van der Waals surface area (Å²) in [6.45, 7) is -1.01. The summed E-state index contributed by atoms with van der Waals surface area (Å²) >= 11 is 4.56. The van der Waals surface area contributed by atoms with Gasteiger partial charge < -0.3 is 18.9 Å². The number of carbonyl (C=O) groups is 3. The molecule has 9 heteroatoms. The first-order chi connectivity index (χ1) is 11.6. The Kier molecular flexibility index (Phi) is 17.3. The van der Waals surface area contributed by atoms with E-state index >= 15 is 0 Å². The van der Waals surface area contributed by atoms with Gasteiger partial charge in [0.25, 0.3) is 0 Å². The van der Waals surface area contributed by atoms with E-state index in [0.29, 0.717) is 12.8 Å². The van der Waals surface area contributed by atoms with Crippen molar-refractivity contribution in [2.75, 3.05) is 22.4 Å². The Balaban J connectivity index is 3.49. The van der Waals surface area contributed by atoms with Crippen LogP contribution >= 0.6 is 45.2 Å². The van der Waals surface area contributed by atoms with Crippen LogP contribution in [0.1, 0.15) is 51.4 Å². The zero-order chi connectivity index (χ0) is 18.0. The van der Waals surface area contributed by atoms with Crippen LogP contribution in [0.3, 0.4) is 0 Å². The van der Waals surface area contributed by atoms with Gasteiger partial charge in [-0.25, -0.2) is 4.79 Å². The molecule has 0 aliphatic rings. The molecule has 0 saturated carbocycles. The van der Waals surface area contributed by atoms with E-state index in [1.165, 1.54) is 0 Å². The van der Waals surface area contributed by atoms with Crippen LogP contribution in [0, 0.1) is 0 Å². The normalized spacial score (nSPS) is 10.1. The summed E-state index contributed by atoms with van der Waals surface area (Å²) in [4.78, 5) is 33.8. The Hall–Kier alpha value is -0.330. The van der Waals surface area contributed by atoms with Gasteiger partial charge in [-0.1, -0.05) is 58.0 Å². The Labute approximate surface area is 169 Å². The highest BCUT2D eigenvalue weighted by molar-refractivity contribution is 14.1. The minimum Gasteiger partial charge on any atom is -0.428 e. The van der Waals surface area contributed by atoms with Crippen molar-refractivity contribution >= 4 is 63.3 Å². The number of unbranched alkanes of at least 4 members (excludes halogenated alkanes) is 4. The van der Waals surface area contributed by atoms with Crippen molar-refractivity contribution in [1.29, 1.82) is 0 Å². The van der Waals surface area contributed by atoms with Gasteiger partial charge in [0.05, 0.1) is 0 Å². The fraction of sp³-hybridized carbons (Fsp3) is 0.800. The first-order valence-corrected chi connectivity index (χ1v) is 10.9. The quantitative estimate of drug-likeness (QED) is 0.102. The highest BCUT2D eigenvalue weighted by Crippen LogP contribution is 2.04. The lowest BCUT2D eigenvalue weighted by Crippen LogP contribution is -2.16. The lowest BCUT2D eigenvalue weighted by atomic mass is 10.2. The molecule has 0 amide bonds. The molecule has 7 nitrogen and oxygen atoms in total. The Bertz CT molecular complexity index is 332. The first-order valence-electron chi connectivity index (χ1n) is 7.83. The number of rotatable bonds is 14. The van der Waals surface area contributed by atoms with Crippen molar-refractivity contribution in [2.24, 2.45) is 0 Å². The topological polar surface area (TPSA) is 88.1 Å². The van der Waals surface area contributed by atoms with Gasteiger partial charge in [-0.2, -0.15) is 0 Å². The molecular formula is C15H24I2O7. The summed E-state index contributed by atoms with van der Waals surface area (Å²) < 4.78 is 20.6. The third kappa shape index (κ3) is 16.5. The molecule has 0 rings (SSSR count). The molecule has 0 aromatic carbocycles. The zero-order valence-corrected chi connectivity index (χ0v) is 17.9. The molecule has 0 atom stereocenters. The van der Waals surface area contributed by atoms with Crippen LogP contribution in [0.25, 0.3) is 0 Å². The molecule has 0 radical (unpaired) electrons. The fourth-order valence-corrected chi connectivity index (χ4v) is 2.63. The largest absolute Gasteiger partial charge is 0.514 e. The van der Waals surface area contributed by atoms with Crippen molar-refractivity contribution in [3.8, 4) is 0 Å². The molecule has 0 aromatic rings. The number of halogens is 2. The molecule has 0 spiro atoms. The lowest BCUT2D eigenvalue weighted by Gasteiger charge is -2.07. The van der Waals surface area contributed by atoms with E-state index in [2.05, 4.69) is 54.7 Å². The maximum atomic E-state index is 11.3. The van der Waals surface area contributed by atoms with E-state index in [1.54, 1.807) is 0 Å². The summed E-state index contributed by atoms with van der Waals surface area (Å²) in [6.07, 6.45) is 5.09. The number of carbonyl (C=O) groups excluding carboxylic acids is 3. The minimum atomic E-state index is -1.05. The highest BCUT2D eigenvalue weighted by Gasteiger charge is 2.09. The maximum Gasteiger partial charge on any atom is 0.514 e. The molecule has 0 unspecified atom stereocenters. The second kappa shape index (κ2) is 17.5. The smallest absolute Gasteiger partial charge is 0.428 e. The van der Waals surface area contributed by atoms with Crippen LogP contribution < -0.4 is 0 Å². The van der Waals surface area contributed by atoms with E-state index < -0.39 is 31.7 Å². The molecule has 0 aromatic heterocycles. The van der Waals surface area contributed by atoms with Crippen LogP contribution in [0.4, 0.5) is 4.79 Å². The predicted molar refractivity (Wildman–Crippen MR) is 104 cm³/mol. The van der Waals surface area contributed by atoms with E-state index in [-0.39, 0.29) is 0 Å². The van der Waals surface area contributed by atoms with Crippen molar-refractivity contribution < 1.29 is 33.3 Å². The second-order valence-electron chi connectivity index (χ2n) is 4.81. The Morgan fingerprint density at radius 3 is 1.38 bits per heavy atom. The predicted octanol–water partition coefficient (Wildman–Crippen LogP) is 4.13. The van der Waals surface area contributed by atoms with E-state index in [0.717, 1.165) is 47.4 Å². The standard InChI is InChI=1S/C15H24I2O7/c16-9-5-1-3-7-13(18)21-11-23-15(20)24-12-22-14(19)8-4-2-6-10-17/h1-12H2. The van der Waals surface area contributed by atoms with Gasteiger partial charge >= 0.3 is 18.1 Å². The van der Waals surface area contributed by atoms with Crippen LogP contribution in [0.5, 0.6) is 0 Å². The van der Waals surface area contributed by atoms with E-state index in [4.69, 9.17) is 9.47 Å². The van der Waals surface area contributed by atoms with Crippen molar-refractivity contribution in [3.05, 3.63) is 0 Å². The number of esters is 2. The Morgan fingerprint density at radius 1 is 0.583 bits per heavy atom. The number of hydrogen-bond acceptors (Lipinski definition) is 7. The Morgan fingerprint density at radius 2 is 1.00 bits per heavy atom. The van der Waals surface area contributed by atoms with Crippen molar-refractivity contribution in [3.63, 3.8) is 0 Å². The van der Waals surface area contributed by atoms with Crippen molar-refractivity contribution in [1.82, 2.24) is 0 Å². The summed E-state index contributed by atoms with van der Waals surface area (Å²) in [6, 6.07) is 0. The molecule has 0 heterocycles.